The summed E-state index contributed by atoms with van der Waals surface area (Å²) in [6, 6.07) is 2.02. The van der Waals surface area contributed by atoms with Crippen LogP contribution in [0.5, 0.6) is 5.06 Å². The van der Waals surface area contributed by atoms with E-state index >= 15 is 0 Å². The number of alkyl halides is 6. The Labute approximate surface area is 241 Å². The number of ether oxygens (including phenoxy) is 1. The van der Waals surface area contributed by atoms with Crippen LogP contribution in [0.25, 0.3) is 0 Å². The normalized spacial score (nSPS) is 19.0. The Morgan fingerprint density at radius 2 is 1.65 bits per heavy atom. The van der Waals surface area contributed by atoms with E-state index in [-0.39, 0.29) is 25.8 Å². The van der Waals surface area contributed by atoms with Crippen LogP contribution in [0.2, 0.25) is 15.1 Å². The van der Waals surface area contributed by atoms with E-state index in [1.54, 1.807) is 5.32 Å². The van der Waals surface area contributed by atoms with Crippen LogP contribution in [0.4, 0.5) is 31.1 Å². The fourth-order valence-electron chi connectivity index (χ4n) is 4.26. The monoisotopic (exact) mass is 651 g/mol. The van der Waals surface area contributed by atoms with E-state index in [0.717, 1.165) is 36.3 Å². The summed E-state index contributed by atoms with van der Waals surface area (Å²) in [6.45, 7) is -2.35. The zero-order valence-corrected chi connectivity index (χ0v) is 23.1. The van der Waals surface area contributed by atoms with Crippen molar-refractivity contribution in [1.29, 1.82) is 0 Å². The second-order valence-electron chi connectivity index (χ2n) is 8.90. The van der Waals surface area contributed by atoms with Gasteiger partial charge >= 0.3 is 18.4 Å². The highest BCUT2D eigenvalue weighted by molar-refractivity contribution is 7.16. The molecule has 0 spiro atoms. The average molecular weight is 653 g/mol. The summed E-state index contributed by atoms with van der Waals surface area (Å²) >= 11 is 18.8. The van der Waals surface area contributed by atoms with Gasteiger partial charge in [0.25, 0.3) is 5.60 Å². The number of nitrogens with one attached hydrogen (secondary N) is 2. The molecule has 1 aliphatic heterocycles. The number of oxime groups is 1. The molecule has 17 heteroatoms. The number of nitrogens with zero attached hydrogens (tertiary/aromatic N) is 1. The van der Waals surface area contributed by atoms with E-state index in [0.29, 0.717) is 28.8 Å². The molecule has 7 nitrogen and oxygen atoms in total. The van der Waals surface area contributed by atoms with Crippen LogP contribution in [-0.2, 0) is 28.1 Å². The molecule has 1 atom stereocenters. The topological polar surface area (TPSA) is 89.0 Å². The molecule has 1 aromatic carbocycles. The fraction of sp³-hybridized carbons (Fsp3) is 0.435. The van der Waals surface area contributed by atoms with Gasteiger partial charge in [-0.25, -0.2) is 4.79 Å². The molecular formula is C23H18Cl3F6N3O4S. The Bertz CT molecular complexity index is 1340. The van der Waals surface area contributed by atoms with Gasteiger partial charge < -0.3 is 20.2 Å². The van der Waals surface area contributed by atoms with Crippen LogP contribution in [0, 0.1) is 0 Å². The molecule has 1 unspecified atom stereocenters. The second kappa shape index (κ2) is 11.5. The molecule has 0 saturated heterocycles. The van der Waals surface area contributed by atoms with Gasteiger partial charge in [-0.2, -0.15) is 26.3 Å². The van der Waals surface area contributed by atoms with Crippen LogP contribution >= 0.6 is 46.1 Å². The van der Waals surface area contributed by atoms with E-state index in [9.17, 15) is 35.9 Å². The first kappa shape index (κ1) is 30.5. The SMILES string of the molecule is O=C(CNC(=O)Oc1sc(C2=NOC(c3cc(Cl)c(Cl)c(Cl)c3)(C(F)(F)F)C2)c2c1CCCC2)NCC(F)(F)F. The molecule has 2 amide bonds. The van der Waals surface area contributed by atoms with Crippen molar-refractivity contribution >= 4 is 63.9 Å². The van der Waals surface area contributed by atoms with E-state index in [1.807, 2.05) is 5.32 Å². The number of halogens is 9. The highest BCUT2D eigenvalue weighted by Crippen LogP contribution is 2.52. The van der Waals surface area contributed by atoms with E-state index in [4.69, 9.17) is 44.4 Å². The number of carbonyl (C=O) groups excluding carboxylic acids is 2. The third-order valence-electron chi connectivity index (χ3n) is 6.15. The maximum atomic E-state index is 14.5. The zero-order chi connectivity index (χ0) is 29.5. The predicted molar refractivity (Wildman–Crippen MR) is 135 cm³/mol. The minimum Gasteiger partial charge on any atom is -0.399 e. The lowest BCUT2D eigenvalue weighted by atomic mass is 9.86. The van der Waals surface area contributed by atoms with Gasteiger partial charge in [-0.15, -0.1) is 0 Å². The molecule has 0 radical (unpaired) electrons. The maximum absolute atomic E-state index is 14.5. The highest BCUT2D eigenvalue weighted by Gasteiger charge is 2.63. The van der Waals surface area contributed by atoms with Gasteiger partial charge in [0.15, 0.2) is 5.06 Å². The lowest BCUT2D eigenvalue weighted by Crippen LogP contribution is -2.42. The number of hydrogen-bond donors (Lipinski definition) is 2. The Hall–Kier alpha value is -2.42. The number of carbonyl (C=O) groups is 2. The molecule has 1 aromatic heterocycles. The summed E-state index contributed by atoms with van der Waals surface area (Å²) in [7, 11) is 0. The molecular weight excluding hydrogens is 635 g/mol. The number of hydrogen-bond acceptors (Lipinski definition) is 6. The van der Waals surface area contributed by atoms with Crippen molar-refractivity contribution in [3.8, 4) is 5.06 Å². The number of benzene rings is 1. The first-order valence-electron chi connectivity index (χ1n) is 11.5. The lowest BCUT2D eigenvalue weighted by molar-refractivity contribution is -0.275. The van der Waals surface area contributed by atoms with Crippen molar-refractivity contribution in [2.75, 3.05) is 13.1 Å². The van der Waals surface area contributed by atoms with E-state index < -0.39 is 55.0 Å². The van der Waals surface area contributed by atoms with Crippen molar-refractivity contribution in [3.05, 3.63) is 48.8 Å². The van der Waals surface area contributed by atoms with Crippen molar-refractivity contribution < 1.29 is 45.5 Å². The first-order valence-corrected chi connectivity index (χ1v) is 13.5. The Morgan fingerprint density at radius 1 is 1.02 bits per heavy atom. The van der Waals surface area contributed by atoms with Gasteiger partial charge in [0.2, 0.25) is 5.91 Å². The van der Waals surface area contributed by atoms with Crippen LogP contribution < -0.4 is 15.4 Å². The van der Waals surface area contributed by atoms with E-state index in [1.165, 1.54) is 0 Å². The van der Waals surface area contributed by atoms with Gasteiger partial charge in [-0.3, -0.25) is 4.79 Å². The van der Waals surface area contributed by atoms with E-state index in [2.05, 4.69) is 5.16 Å². The standard InChI is InChI=1S/C23H18Cl3F6N3O4S/c24-13-5-10(6-14(25)17(13)26)21(23(30,31)32)7-15(35-39-21)18-11-3-1-2-4-12(11)19(40-18)38-20(37)33-8-16(36)34-9-22(27,28)29/h5-6H,1-4,7-9H2,(H,33,37)(H,34,36). The van der Waals surface area contributed by atoms with Crippen molar-refractivity contribution in [3.63, 3.8) is 0 Å². The summed E-state index contributed by atoms with van der Waals surface area (Å²) in [6.07, 6.45) is -9.04. The van der Waals surface area contributed by atoms with Crippen molar-refractivity contribution in [1.82, 2.24) is 10.6 Å². The van der Waals surface area contributed by atoms with Gasteiger partial charge in [0.1, 0.15) is 18.8 Å². The third kappa shape index (κ3) is 6.39. The molecule has 0 bridgehead atoms. The Kier molecular flexibility index (Phi) is 8.75. The predicted octanol–water partition coefficient (Wildman–Crippen LogP) is 6.94. The number of thiophene rings is 1. The molecule has 40 heavy (non-hydrogen) atoms. The van der Waals surface area contributed by atoms with Crippen LogP contribution in [0.15, 0.2) is 17.3 Å². The highest BCUT2D eigenvalue weighted by atomic mass is 35.5. The Balaban J connectivity index is 1.56. The van der Waals surface area contributed by atoms with Crippen LogP contribution in [0.1, 0.15) is 40.8 Å². The quantitative estimate of drug-likeness (QED) is 0.262. The minimum absolute atomic E-state index is 0.0375. The average Bonchev–Trinajstić information content (AvgIpc) is 3.47. The first-order chi connectivity index (χ1) is 18.6. The zero-order valence-electron chi connectivity index (χ0n) is 20.0. The third-order valence-corrected chi connectivity index (χ3v) is 8.54. The Morgan fingerprint density at radius 3 is 2.25 bits per heavy atom. The molecule has 2 heterocycles. The molecule has 1 aliphatic carbocycles. The van der Waals surface area contributed by atoms with Crippen LogP contribution in [0.3, 0.4) is 0 Å². The van der Waals surface area contributed by atoms with Crippen LogP contribution in [-0.4, -0.2) is 43.2 Å². The summed E-state index contributed by atoms with van der Waals surface area (Å²) in [5, 5.41) is 6.97. The summed E-state index contributed by atoms with van der Waals surface area (Å²) < 4.78 is 85.4. The minimum atomic E-state index is -4.94. The second-order valence-corrected chi connectivity index (χ2v) is 11.1. The van der Waals surface area contributed by atoms with Gasteiger partial charge in [-0.05, 0) is 43.4 Å². The summed E-state index contributed by atoms with van der Waals surface area (Å²) in [4.78, 5) is 29.2. The van der Waals surface area contributed by atoms with Gasteiger partial charge in [0.05, 0.1) is 26.4 Å². The smallest absolute Gasteiger partial charge is 0.399 e. The van der Waals surface area contributed by atoms with Crippen molar-refractivity contribution in [2.45, 2.75) is 50.1 Å². The molecule has 0 fully saturated rings. The lowest BCUT2D eigenvalue weighted by Gasteiger charge is -2.30. The molecule has 2 aromatic rings. The molecule has 2 aliphatic rings. The molecule has 2 N–H and O–H groups in total. The molecule has 4 rings (SSSR count). The van der Waals surface area contributed by atoms with Gasteiger partial charge in [-0.1, -0.05) is 51.3 Å². The van der Waals surface area contributed by atoms with Crippen molar-refractivity contribution in [2.24, 2.45) is 5.16 Å². The van der Waals surface area contributed by atoms with Gasteiger partial charge in [0, 0.05) is 11.1 Å². The molecule has 0 saturated carbocycles. The summed E-state index contributed by atoms with van der Waals surface area (Å²) in [5.74, 6) is -1.09. The maximum Gasteiger partial charge on any atom is 0.435 e. The summed E-state index contributed by atoms with van der Waals surface area (Å²) in [5.41, 5.74) is -2.11. The molecule has 218 valence electrons. The number of fused-ring (bicyclic) bond motifs is 1. The number of amides is 2. The number of rotatable bonds is 6. The largest absolute Gasteiger partial charge is 0.435 e. The fourth-order valence-corrected chi connectivity index (χ4v) is 6.08.